The molecule has 3 heterocycles. The van der Waals surface area contributed by atoms with Gasteiger partial charge in [-0.05, 0) is 48.6 Å². The Labute approximate surface area is 209 Å². The van der Waals surface area contributed by atoms with Crippen molar-refractivity contribution < 1.29 is 19.1 Å². The van der Waals surface area contributed by atoms with Gasteiger partial charge in [-0.3, -0.25) is 14.4 Å². The second-order valence-electron chi connectivity index (χ2n) is 9.86. The van der Waals surface area contributed by atoms with Gasteiger partial charge >= 0.3 is 0 Å². The summed E-state index contributed by atoms with van der Waals surface area (Å²) in [4.78, 5) is 40.5. The quantitative estimate of drug-likeness (QED) is 0.618. The SMILES string of the molecule is CC1OCC(c2ccccc2)N(CC(=O)Nc2ccc3c(c2)CC2(C3)C(=O)NC3=C2C=CCN3)C1=O. The highest BCUT2D eigenvalue weighted by molar-refractivity contribution is 5.96. The smallest absolute Gasteiger partial charge is 0.252 e. The number of rotatable bonds is 4. The Hall–Kier alpha value is -3.91. The maximum absolute atomic E-state index is 13.1. The van der Waals surface area contributed by atoms with E-state index in [1.165, 1.54) is 0 Å². The van der Waals surface area contributed by atoms with Gasteiger partial charge in [0.2, 0.25) is 11.8 Å². The van der Waals surface area contributed by atoms with Crippen LogP contribution in [0.3, 0.4) is 0 Å². The highest BCUT2D eigenvalue weighted by Crippen LogP contribution is 2.47. The maximum atomic E-state index is 13.1. The van der Waals surface area contributed by atoms with Crippen LogP contribution in [0.5, 0.6) is 0 Å². The Balaban J connectivity index is 1.19. The van der Waals surface area contributed by atoms with Crippen LogP contribution in [0, 0.1) is 5.41 Å². The molecule has 2 aromatic carbocycles. The molecule has 3 amide bonds. The number of ether oxygens (including phenoxy) is 1. The summed E-state index contributed by atoms with van der Waals surface area (Å²) in [6.45, 7) is 2.69. The number of anilines is 1. The molecule has 4 aliphatic rings. The molecule has 1 aliphatic carbocycles. The molecule has 3 atom stereocenters. The van der Waals surface area contributed by atoms with Gasteiger partial charge in [0.25, 0.3) is 5.91 Å². The molecule has 3 N–H and O–H groups in total. The number of carbonyl (C=O) groups excluding carboxylic acids is 3. The molecule has 3 aliphatic heterocycles. The van der Waals surface area contributed by atoms with Crippen LogP contribution >= 0.6 is 0 Å². The highest BCUT2D eigenvalue weighted by Gasteiger charge is 2.51. The lowest BCUT2D eigenvalue weighted by Gasteiger charge is -2.38. The van der Waals surface area contributed by atoms with Gasteiger partial charge in [-0.2, -0.15) is 0 Å². The minimum Gasteiger partial charge on any atom is -0.368 e. The zero-order chi connectivity index (χ0) is 24.9. The summed E-state index contributed by atoms with van der Waals surface area (Å²) in [5, 5.41) is 9.21. The fourth-order valence-corrected chi connectivity index (χ4v) is 5.77. The highest BCUT2D eigenvalue weighted by atomic mass is 16.5. The Morgan fingerprint density at radius 3 is 2.78 bits per heavy atom. The van der Waals surface area contributed by atoms with Crippen LogP contribution < -0.4 is 16.0 Å². The maximum Gasteiger partial charge on any atom is 0.252 e. The lowest BCUT2D eigenvalue weighted by Crippen LogP contribution is -2.51. The topological polar surface area (TPSA) is 99.8 Å². The van der Waals surface area contributed by atoms with Gasteiger partial charge in [-0.25, -0.2) is 0 Å². The second kappa shape index (κ2) is 8.64. The number of benzene rings is 2. The predicted octanol–water partition coefficient (Wildman–Crippen LogP) is 2.20. The first-order valence-electron chi connectivity index (χ1n) is 12.3. The van der Waals surface area contributed by atoms with Gasteiger partial charge in [-0.1, -0.05) is 48.6 Å². The number of hydrogen-bond donors (Lipinski definition) is 3. The molecule has 36 heavy (non-hydrogen) atoms. The van der Waals surface area contributed by atoms with Crippen molar-refractivity contribution in [1.82, 2.24) is 15.5 Å². The number of dihydropyridines is 1. The van der Waals surface area contributed by atoms with Crippen LogP contribution in [0.1, 0.15) is 29.7 Å². The molecule has 3 unspecified atom stereocenters. The summed E-state index contributed by atoms with van der Waals surface area (Å²) < 4.78 is 5.66. The number of morpholine rings is 1. The Bertz CT molecular complexity index is 1320. The van der Waals surface area contributed by atoms with E-state index in [1.54, 1.807) is 11.8 Å². The lowest BCUT2D eigenvalue weighted by molar-refractivity contribution is -0.159. The van der Waals surface area contributed by atoms with E-state index in [0.717, 1.165) is 28.1 Å². The summed E-state index contributed by atoms with van der Waals surface area (Å²) in [5.74, 6) is 0.349. The minimum atomic E-state index is -0.608. The summed E-state index contributed by atoms with van der Waals surface area (Å²) in [6.07, 6.45) is 4.70. The molecule has 1 spiro atoms. The van der Waals surface area contributed by atoms with Gasteiger partial charge < -0.3 is 25.6 Å². The van der Waals surface area contributed by atoms with Crippen LogP contribution in [-0.4, -0.2) is 48.4 Å². The first kappa shape index (κ1) is 22.5. The van der Waals surface area contributed by atoms with E-state index < -0.39 is 11.5 Å². The molecule has 6 rings (SSSR count). The van der Waals surface area contributed by atoms with E-state index in [2.05, 4.69) is 16.0 Å². The van der Waals surface area contributed by atoms with E-state index in [4.69, 9.17) is 4.74 Å². The van der Waals surface area contributed by atoms with E-state index in [0.29, 0.717) is 31.7 Å². The van der Waals surface area contributed by atoms with Crippen molar-refractivity contribution in [1.29, 1.82) is 0 Å². The van der Waals surface area contributed by atoms with Crippen molar-refractivity contribution in [2.75, 3.05) is 25.0 Å². The first-order valence-corrected chi connectivity index (χ1v) is 12.3. The average molecular weight is 485 g/mol. The average Bonchev–Trinajstić information content (AvgIpc) is 3.40. The monoisotopic (exact) mass is 484 g/mol. The fraction of sp³-hybridized carbons (Fsp3) is 0.321. The molecule has 1 fully saturated rings. The number of fused-ring (bicyclic) bond motifs is 2. The Kier molecular flexibility index (Phi) is 5.41. The second-order valence-corrected chi connectivity index (χ2v) is 9.86. The van der Waals surface area contributed by atoms with Gasteiger partial charge in [-0.15, -0.1) is 0 Å². The number of nitrogens with one attached hydrogen (secondary N) is 3. The predicted molar refractivity (Wildman–Crippen MR) is 134 cm³/mol. The van der Waals surface area contributed by atoms with Crippen molar-refractivity contribution in [3.8, 4) is 0 Å². The zero-order valence-corrected chi connectivity index (χ0v) is 20.0. The lowest BCUT2D eigenvalue weighted by atomic mass is 9.78. The molecule has 2 aromatic rings. The van der Waals surface area contributed by atoms with E-state index in [-0.39, 0.29) is 30.3 Å². The third-order valence-corrected chi connectivity index (χ3v) is 7.62. The zero-order valence-electron chi connectivity index (χ0n) is 20.0. The normalized spacial score (nSPS) is 26.5. The summed E-state index contributed by atoms with van der Waals surface area (Å²) >= 11 is 0. The first-order chi connectivity index (χ1) is 17.4. The van der Waals surface area contributed by atoms with Crippen LogP contribution in [0.15, 0.2) is 72.1 Å². The molecule has 184 valence electrons. The van der Waals surface area contributed by atoms with Crippen LogP contribution in [0.25, 0.3) is 0 Å². The summed E-state index contributed by atoms with van der Waals surface area (Å²) in [6, 6.07) is 15.1. The van der Waals surface area contributed by atoms with Crippen LogP contribution in [0.4, 0.5) is 5.69 Å². The summed E-state index contributed by atoms with van der Waals surface area (Å²) in [7, 11) is 0. The molecule has 0 bridgehead atoms. The molecule has 0 saturated carbocycles. The summed E-state index contributed by atoms with van der Waals surface area (Å²) in [5.41, 5.74) is 4.15. The number of hydrogen-bond acceptors (Lipinski definition) is 5. The number of carbonyl (C=O) groups is 3. The van der Waals surface area contributed by atoms with Crippen molar-refractivity contribution in [2.45, 2.75) is 31.9 Å². The van der Waals surface area contributed by atoms with Crippen molar-refractivity contribution >= 4 is 23.4 Å². The molecule has 1 saturated heterocycles. The fourth-order valence-electron chi connectivity index (χ4n) is 5.77. The van der Waals surface area contributed by atoms with Crippen molar-refractivity contribution in [3.05, 3.63) is 88.8 Å². The van der Waals surface area contributed by atoms with Gasteiger partial charge in [0.05, 0.1) is 18.1 Å². The number of nitrogens with zero attached hydrogens (tertiary/aromatic N) is 1. The molecule has 8 nitrogen and oxygen atoms in total. The molecule has 0 aromatic heterocycles. The van der Waals surface area contributed by atoms with Gasteiger partial charge in [0, 0.05) is 17.8 Å². The Morgan fingerprint density at radius 2 is 1.94 bits per heavy atom. The third kappa shape index (κ3) is 3.69. The third-order valence-electron chi connectivity index (χ3n) is 7.62. The Morgan fingerprint density at radius 1 is 1.14 bits per heavy atom. The van der Waals surface area contributed by atoms with Gasteiger partial charge in [0.1, 0.15) is 18.5 Å². The standard InChI is InChI=1S/C28H28N4O4/c1-17-26(34)32(23(16-36-17)18-6-3-2-4-7-18)15-24(33)30-21-10-9-19-13-28(14-20(19)12-21)22-8-5-11-29-25(22)31-27(28)35/h2-10,12,17,23,29H,11,13-16H2,1H3,(H,30,33)(H,31,35). The number of amides is 3. The molecule has 8 heteroatoms. The minimum absolute atomic E-state index is 0.0141. The molecular weight excluding hydrogens is 456 g/mol. The van der Waals surface area contributed by atoms with Crippen molar-refractivity contribution in [2.24, 2.45) is 5.41 Å². The number of allylic oxidation sites excluding steroid dienone is 1. The van der Waals surface area contributed by atoms with Crippen LogP contribution in [0.2, 0.25) is 0 Å². The van der Waals surface area contributed by atoms with E-state index in [1.807, 2.05) is 60.7 Å². The molecular formula is C28H28N4O4. The largest absolute Gasteiger partial charge is 0.368 e. The van der Waals surface area contributed by atoms with E-state index >= 15 is 0 Å². The van der Waals surface area contributed by atoms with E-state index in [9.17, 15) is 14.4 Å². The van der Waals surface area contributed by atoms with Gasteiger partial charge in [0.15, 0.2) is 0 Å². The van der Waals surface area contributed by atoms with Crippen LogP contribution in [-0.2, 0) is 32.0 Å². The molecule has 0 radical (unpaired) electrons. The van der Waals surface area contributed by atoms with Crippen molar-refractivity contribution in [3.63, 3.8) is 0 Å².